The number of benzene rings is 1. The van der Waals surface area contributed by atoms with Crippen molar-refractivity contribution in [3.8, 4) is 5.75 Å². The number of esters is 2. The van der Waals surface area contributed by atoms with Gasteiger partial charge in [0.1, 0.15) is 12.9 Å². The number of ether oxygens (including phenoxy) is 2. The van der Waals surface area contributed by atoms with Gasteiger partial charge in [0.15, 0.2) is 0 Å². The molecule has 0 aliphatic heterocycles. The minimum Gasteiger partial charge on any atom is -0.508 e. The van der Waals surface area contributed by atoms with Crippen LogP contribution in [0.15, 0.2) is 23.4 Å². The Morgan fingerprint density at radius 2 is 1.77 bits per heavy atom. The third-order valence-corrected chi connectivity index (χ3v) is 7.77. The van der Waals surface area contributed by atoms with Crippen LogP contribution in [0.4, 0.5) is 0 Å². The van der Waals surface area contributed by atoms with Gasteiger partial charge in [-0.1, -0.05) is 37.8 Å². The molecule has 7 nitrogen and oxygen atoms in total. The van der Waals surface area contributed by atoms with Gasteiger partial charge in [-0.3, -0.25) is 9.59 Å². The van der Waals surface area contributed by atoms with Crippen LogP contribution in [0, 0.1) is 11.8 Å². The zero-order valence-corrected chi connectivity index (χ0v) is 20.0. The Morgan fingerprint density at radius 1 is 1.10 bits per heavy atom. The lowest BCUT2D eigenvalue weighted by molar-refractivity contribution is -0.163. The summed E-state index contributed by atoms with van der Waals surface area (Å²) in [5.41, 5.74) is 2.44. The summed E-state index contributed by atoms with van der Waals surface area (Å²) in [5, 5.41) is 14.3. The molecule has 1 saturated carbocycles. The summed E-state index contributed by atoms with van der Waals surface area (Å²) in [7, 11) is 0.0990. The molecule has 3 aliphatic rings. The van der Waals surface area contributed by atoms with E-state index in [-0.39, 0.29) is 24.2 Å². The van der Waals surface area contributed by atoms with Crippen LogP contribution < -0.4 is 0 Å². The van der Waals surface area contributed by atoms with Gasteiger partial charge in [0.25, 0.3) is 0 Å². The number of oxime groups is 1. The van der Waals surface area contributed by atoms with Gasteiger partial charge in [0.05, 0.1) is 30.8 Å². The lowest BCUT2D eigenvalue weighted by atomic mass is 9.55. The third-order valence-electron chi connectivity index (χ3n) is 6.07. The summed E-state index contributed by atoms with van der Waals surface area (Å²) in [6.07, 6.45) is 1.19. The molecular formula is C23H33NO6Si. The van der Waals surface area contributed by atoms with E-state index in [4.69, 9.17) is 14.3 Å². The number of phenolic OH excluding ortho intramolecular Hbond substituents is 1. The van der Waals surface area contributed by atoms with Crippen molar-refractivity contribution in [1.82, 2.24) is 0 Å². The predicted octanol–water partition coefficient (Wildman–Crippen LogP) is 4.05. The molecule has 2 bridgehead atoms. The highest BCUT2D eigenvalue weighted by Gasteiger charge is 2.57. The number of fused-ring (bicyclic) bond motifs is 2. The van der Waals surface area contributed by atoms with Gasteiger partial charge in [-0.2, -0.15) is 0 Å². The lowest BCUT2D eigenvalue weighted by Gasteiger charge is -2.47. The van der Waals surface area contributed by atoms with Gasteiger partial charge in [-0.15, -0.1) is 0 Å². The van der Waals surface area contributed by atoms with E-state index in [2.05, 4.69) is 24.8 Å². The molecule has 0 spiro atoms. The zero-order valence-electron chi connectivity index (χ0n) is 19.0. The molecule has 0 radical (unpaired) electrons. The Hall–Kier alpha value is -2.35. The van der Waals surface area contributed by atoms with Crippen molar-refractivity contribution in [2.45, 2.75) is 57.3 Å². The summed E-state index contributed by atoms with van der Waals surface area (Å²) < 4.78 is 11.2. The molecule has 4 atom stereocenters. The second-order valence-corrected chi connectivity index (χ2v) is 15.2. The molecule has 1 N–H and O–H groups in total. The number of hydrogen-bond donors (Lipinski definition) is 1. The number of phenols is 1. The molecule has 4 unspecified atom stereocenters. The minimum atomic E-state index is -1.36. The van der Waals surface area contributed by atoms with Gasteiger partial charge in [-0.25, -0.2) is 0 Å². The Morgan fingerprint density at radius 3 is 2.42 bits per heavy atom. The third kappa shape index (κ3) is 4.94. The summed E-state index contributed by atoms with van der Waals surface area (Å²) >= 11 is 0. The van der Waals surface area contributed by atoms with Crippen molar-refractivity contribution in [3.05, 3.63) is 29.3 Å². The first kappa shape index (κ1) is 23.3. The van der Waals surface area contributed by atoms with E-state index < -0.39 is 31.8 Å². The molecule has 8 heteroatoms. The monoisotopic (exact) mass is 447 g/mol. The number of aromatic hydroxyl groups is 1. The maximum atomic E-state index is 13.3. The number of carbonyl (C=O) groups is 2. The fourth-order valence-electron chi connectivity index (χ4n) is 4.65. The van der Waals surface area contributed by atoms with E-state index in [9.17, 15) is 14.7 Å². The van der Waals surface area contributed by atoms with E-state index in [0.29, 0.717) is 25.2 Å². The Labute approximate surface area is 184 Å². The second-order valence-electron chi connectivity index (χ2n) is 9.56. The number of rotatable bonds is 8. The average molecular weight is 448 g/mol. The standard InChI is InChI=1S/C23H33NO6Si/c1-6-9-29-23(27)21-19-16-12-14(25)7-8-15(16)17(13-18(19)24-28-2)20(21)22(26)30-10-11-31(3,4)5/h7-8,12,17,19-21,25H,6,9-11,13H2,1-5H3. The van der Waals surface area contributed by atoms with E-state index in [1.165, 1.54) is 7.11 Å². The zero-order chi connectivity index (χ0) is 22.8. The molecule has 4 rings (SSSR count). The van der Waals surface area contributed by atoms with Crippen molar-refractivity contribution in [3.63, 3.8) is 0 Å². The van der Waals surface area contributed by atoms with Crippen molar-refractivity contribution in [2.75, 3.05) is 20.3 Å². The van der Waals surface area contributed by atoms with Crippen LogP contribution in [-0.4, -0.2) is 51.2 Å². The first-order chi connectivity index (χ1) is 14.7. The highest BCUT2D eigenvalue weighted by molar-refractivity contribution is 6.76. The minimum absolute atomic E-state index is 0.109. The fraction of sp³-hybridized carbons (Fsp3) is 0.609. The average Bonchev–Trinajstić information content (AvgIpc) is 2.70. The summed E-state index contributed by atoms with van der Waals surface area (Å²) in [6.45, 7) is 9.25. The van der Waals surface area contributed by atoms with Crippen molar-refractivity contribution < 1.29 is 29.0 Å². The van der Waals surface area contributed by atoms with E-state index >= 15 is 0 Å². The van der Waals surface area contributed by atoms with Crippen LogP contribution >= 0.6 is 0 Å². The number of hydrogen-bond acceptors (Lipinski definition) is 7. The quantitative estimate of drug-likeness (QED) is 0.367. The molecule has 0 amide bonds. The molecule has 0 saturated heterocycles. The number of nitrogens with zero attached hydrogens (tertiary/aromatic N) is 1. The maximum absolute atomic E-state index is 13.3. The van der Waals surface area contributed by atoms with Crippen LogP contribution in [0.5, 0.6) is 5.75 Å². The lowest BCUT2D eigenvalue weighted by Crippen LogP contribution is -2.51. The first-order valence-electron chi connectivity index (χ1n) is 10.9. The smallest absolute Gasteiger partial charge is 0.310 e. The molecule has 1 fully saturated rings. The first-order valence-corrected chi connectivity index (χ1v) is 14.6. The second kappa shape index (κ2) is 9.42. The van der Waals surface area contributed by atoms with E-state index in [0.717, 1.165) is 17.2 Å². The normalized spacial score (nSPS) is 25.8. The summed E-state index contributed by atoms with van der Waals surface area (Å²) in [6, 6.07) is 5.97. The highest BCUT2D eigenvalue weighted by atomic mass is 28.3. The molecule has 31 heavy (non-hydrogen) atoms. The molecule has 170 valence electrons. The maximum Gasteiger partial charge on any atom is 0.310 e. The van der Waals surface area contributed by atoms with Crippen LogP contribution in [-0.2, 0) is 23.9 Å². The Kier molecular flexibility index (Phi) is 7.09. The molecule has 0 aromatic heterocycles. The van der Waals surface area contributed by atoms with Crippen molar-refractivity contribution in [1.29, 1.82) is 0 Å². The molecule has 1 aromatic carbocycles. The van der Waals surface area contributed by atoms with Gasteiger partial charge < -0.3 is 19.4 Å². The topological polar surface area (TPSA) is 94.4 Å². The van der Waals surface area contributed by atoms with Crippen LogP contribution in [0.1, 0.15) is 42.7 Å². The Balaban J connectivity index is 2.00. The molecule has 1 aromatic rings. The summed E-state index contributed by atoms with van der Waals surface area (Å²) in [4.78, 5) is 31.5. The van der Waals surface area contributed by atoms with Crippen LogP contribution in [0.25, 0.3) is 0 Å². The van der Waals surface area contributed by atoms with Crippen molar-refractivity contribution in [2.24, 2.45) is 17.0 Å². The molecular weight excluding hydrogens is 414 g/mol. The molecule has 3 aliphatic carbocycles. The highest BCUT2D eigenvalue weighted by Crippen LogP contribution is 2.55. The van der Waals surface area contributed by atoms with Crippen LogP contribution in [0.2, 0.25) is 25.7 Å². The fourth-order valence-corrected chi connectivity index (χ4v) is 5.36. The van der Waals surface area contributed by atoms with Gasteiger partial charge >= 0.3 is 11.9 Å². The summed E-state index contributed by atoms with van der Waals surface area (Å²) in [5.74, 6) is -2.86. The van der Waals surface area contributed by atoms with Crippen molar-refractivity contribution >= 4 is 25.7 Å². The van der Waals surface area contributed by atoms with Gasteiger partial charge in [0, 0.05) is 19.9 Å². The van der Waals surface area contributed by atoms with Crippen LogP contribution in [0.3, 0.4) is 0 Å². The van der Waals surface area contributed by atoms with Gasteiger partial charge in [-0.05, 0) is 42.1 Å². The molecule has 0 heterocycles. The SMILES string of the molecule is CCCOC(=O)C1C2C(=NOC)CC(c3ccc(O)cc32)C1C(=O)OCC[Si](C)(C)C. The predicted molar refractivity (Wildman–Crippen MR) is 120 cm³/mol. The van der Waals surface area contributed by atoms with E-state index in [1.807, 2.05) is 13.0 Å². The van der Waals surface area contributed by atoms with Gasteiger partial charge in [0.2, 0.25) is 0 Å². The van der Waals surface area contributed by atoms with E-state index in [1.54, 1.807) is 12.1 Å². The Bertz CT molecular complexity index is 862. The largest absolute Gasteiger partial charge is 0.508 e. The number of carbonyl (C=O) groups excluding carboxylic acids is 2.